The van der Waals surface area contributed by atoms with Crippen LogP contribution in [0.2, 0.25) is 0 Å². The van der Waals surface area contributed by atoms with Gasteiger partial charge in [0.05, 0.1) is 5.56 Å². The van der Waals surface area contributed by atoms with E-state index in [1.165, 1.54) is 12.1 Å². The van der Waals surface area contributed by atoms with Crippen LogP contribution in [0.5, 0.6) is 0 Å². The Morgan fingerprint density at radius 1 is 1.38 bits per heavy atom. The number of rotatable bonds is 2. The number of nitrogens with zero attached hydrogens (tertiary/aromatic N) is 1. The van der Waals surface area contributed by atoms with Gasteiger partial charge in [-0.1, -0.05) is 6.92 Å². The molecule has 7 heteroatoms. The summed E-state index contributed by atoms with van der Waals surface area (Å²) in [5.74, 6) is 0.373. The van der Waals surface area contributed by atoms with Crippen molar-refractivity contribution in [2.75, 3.05) is 17.2 Å². The van der Waals surface area contributed by atoms with Crippen molar-refractivity contribution in [3.63, 3.8) is 0 Å². The number of benzene rings is 1. The molecule has 1 saturated heterocycles. The van der Waals surface area contributed by atoms with Gasteiger partial charge in [-0.2, -0.15) is 24.9 Å². The second kappa shape index (κ2) is 5.79. The van der Waals surface area contributed by atoms with E-state index in [0.717, 1.165) is 18.4 Å². The third-order valence-electron chi connectivity index (χ3n) is 3.81. The number of nitrogen functional groups attached to an aromatic ring is 1. The molecule has 0 saturated carbocycles. The highest BCUT2D eigenvalue weighted by Gasteiger charge is 2.35. The average molecular weight is 317 g/mol. The molecule has 1 aromatic carbocycles. The molecular formula is C14H18F3N3S. The predicted octanol–water partition coefficient (Wildman–Crippen LogP) is 3.32. The minimum Gasteiger partial charge on any atom is -0.384 e. The van der Waals surface area contributed by atoms with Crippen LogP contribution < -0.4 is 10.6 Å². The van der Waals surface area contributed by atoms with E-state index in [1.54, 1.807) is 0 Å². The molecule has 2 atom stereocenters. The summed E-state index contributed by atoms with van der Waals surface area (Å²) in [6.45, 7) is 4.94. The lowest BCUT2D eigenvalue weighted by atomic mass is 10.0. The van der Waals surface area contributed by atoms with Gasteiger partial charge in [-0.25, -0.2) is 0 Å². The first kappa shape index (κ1) is 16.0. The van der Waals surface area contributed by atoms with Crippen LogP contribution in [-0.2, 0) is 6.18 Å². The van der Waals surface area contributed by atoms with Gasteiger partial charge in [-0.15, -0.1) is 0 Å². The van der Waals surface area contributed by atoms with Gasteiger partial charge in [-0.05, 0) is 25.1 Å². The van der Waals surface area contributed by atoms with Gasteiger partial charge in [-0.3, -0.25) is 5.41 Å². The molecule has 0 spiro atoms. The molecule has 3 nitrogen and oxygen atoms in total. The van der Waals surface area contributed by atoms with Gasteiger partial charge in [0.15, 0.2) is 0 Å². The standard InChI is InChI=1S/C14H18F3N3S/c1-8-9(2)21-6-5-20(8)10-3-4-12(14(15,16)17)11(7-10)13(18)19/h3-4,7-9H,5-6H2,1-2H3,(H3,18,19). The average Bonchev–Trinajstić information content (AvgIpc) is 2.40. The Bertz CT molecular complexity index is 545. The number of anilines is 1. The minimum atomic E-state index is -4.50. The Kier molecular flexibility index (Phi) is 4.41. The molecule has 116 valence electrons. The summed E-state index contributed by atoms with van der Waals surface area (Å²) in [5, 5.41) is 7.82. The van der Waals surface area contributed by atoms with Crippen molar-refractivity contribution >= 4 is 23.3 Å². The van der Waals surface area contributed by atoms with E-state index in [9.17, 15) is 13.2 Å². The van der Waals surface area contributed by atoms with Crippen molar-refractivity contribution in [1.29, 1.82) is 5.41 Å². The summed E-state index contributed by atoms with van der Waals surface area (Å²) in [4.78, 5) is 2.08. The number of thioether (sulfide) groups is 1. The molecule has 1 fully saturated rings. The molecule has 1 aromatic rings. The van der Waals surface area contributed by atoms with Crippen LogP contribution in [0.15, 0.2) is 18.2 Å². The second-order valence-corrected chi connectivity index (χ2v) is 6.64. The predicted molar refractivity (Wildman–Crippen MR) is 81.2 cm³/mol. The number of nitrogens with one attached hydrogen (secondary N) is 1. The Hall–Kier alpha value is -1.37. The maximum absolute atomic E-state index is 13.0. The lowest BCUT2D eigenvalue weighted by molar-refractivity contribution is -0.137. The van der Waals surface area contributed by atoms with E-state index in [0.29, 0.717) is 10.9 Å². The van der Waals surface area contributed by atoms with Gasteiger partial charge in [0.25, 0.3) is 0 Å². The molecule has 1 aliphatic heterocycles. The fourth-order valence-corrected chi connectivity index (χ4v) is 3.58. The van der Waals surface area contributed by atoms with E-state index in [-0.39, 0.29) is 11.6 Å². The van der Waals surface area contributed by atoms with Crippen molar-refractivity contribution in [2.24, 2.45) is 5.73 Å². The summed E-state index contributed by atoms with van der Waals surface area (Å²) in [6.07, 6.45) is -4.50. The molecule has 0 aromatic heterocycles. The van der Waals surface area contributed by atoms with Crippen molar-refractivity contribution in [2.45, 2.75) is 31.3 Å². The maximum Gasteiger partial charge on any atom is 0.417 e. The van der Waals surface area contributed by atoms with Gasteiger partial charge >= 0.3 is 6.18 Å². The van der Waals surface area contributed by atoms with Crippen molar-refractivity contribution < 1.29 is 13.2 Å². The zero-order valence-electron chi connectivity index (χ0n) is 11.9. The van der Waals surface area contributed by atoms with Crippen LogP contribution in [0.1, 0.15) is 25.0 Å². The SMILES string of the molecule is CC1SCCN(c2ccc(C(F)(F)F)c(C(=N)N)c2)C1C. The third kappa shape index (κ3) is 3.28. The maximum atomic E-state index is 13.0. The first-order valence-corrected chi connectivity index (χ1v) is 7.70. The number of halogens is 3. The summed E-state index contributed by atoms with van der Waals surface area (Å²) in [6, 6.07) is 4.09. The first-order valence-electron chi connectivity index (χ1n) is 6.65. The highest BCUT2D eigenvalue weighted by atomic mass is 32.2. The lowest BCUT2D eigenvalue weighted by Crippen LogP contribution is -2.44. The van der Waals surface area contributed by atoms with Gasteiger partial charge in [0, 0.05) is 34.8 Å². The van der Waals surface area contributed by atoms with Crippen LogP contribution in [0.25, 0.3) is 0 Å². The van der Waals surface area contributed by atoms with Gasteiger partial charge in [0.2, 0.25) is 0 Å². The lowest BCUT2D eigenvalue weighted by Gasteiger charge is -2.39. The summed E-state index contributed by atoms with van der Waals surface area (Å²) >= 11 is 1.85. The fraction of sp³-hybridized carbons (Fsp3) is 0.500. The topological polar surface area (TPSA) is 53.1 Å². The van der Waals surface area contributed by atoms with E-state index in [4.69, 9.17) is 11.1 Å². The number of hydrogen-bond donors (Lipinski definition) is 2. The molecule has 0 bridgehead atoms. The Balaban J connectivity index is 2.43. The Morgan fingerprint density at radius 3 is 2.62 bits per heavy atom. The molecule has 1 aliphatic rings. The highest BCUT2D eigenvalue weighted by molar-refractivity contribution is 8.00. The summed E-state index contributed by atoms with van der Waals surface area (Å²) in [5.41, 5.74) is 4.91. The fourth-order valence-electron chi connectivity index (χ4n) is 2.48. The molecule has 0 amide bonds. The molecule has 2 unspecified atom stereocenters. The number of hydrogen-bond acceptors (Lipinski definition) is 3. The van der Waals surface area contributed by atoms with Crippen molar-refractivity contribution in [1.82, 2.24) is 0 Å². The molecule has 0 radical (unpaired) electrons. The molecule has 1 heterocycles. The van der Waals surface area contributed by atoms with Crippen LogP contribution in [0.3, 0.4) is 0 Å². The first-order chi connectivity index (χ1) is 9.71. The summed E-state index contributed by atoms with van der Waals surface area (Å²) in [7, 11) is 0. The number of alkyl halides is 3. The molecular weight excluding hydrogens is 299 g/mol. The van der Waals surface area contributed by atoms with E-state index in [2.05, 4.69) is 18.7 Å². The second-order valence-electron chi connectivity index (χ2n) is 5.15. The smallest absolute Gasteiger partial charge is 0.384 e. The van der Waals surface area contributed by atoms with Crippen LogP contribution in [-0.4, -0.2) is 29.4 Å². The van der Waals surface area contributed by atoms with E-state index in [1.807, 2.05) is 11.8 Å². The zero-order valence-corrected chi connectivity index (χ0v) is 12.7. The highest BCUT2D eigenvalue weighted by Crippen LogP contribution is 2.35. The zero-order chi connectivity index (χ0) is 15.8. The number of amidine groups is 1. The summed E-state index contributed by atoms with van der Waals surface area (Å²) < 4.78 is 38.9. The minimum absolute atomic E-state index is 0.222. The Labute approximate surface area is 126 Å². The largest absolute Gasteiger partial charge is 0.417 e. The van der Waals surface area contributed by atoms with E-state index >= 15 is 0 Å². The van der Waals surface area contributed by atoms with Gasteiger partial charge in [0.1, 0.15) is 5.84 Å². The third-order valence-corrected chi connectivity index (χ3v) is 5.15. The Morgan fingerprint density at radius 2 is 2.05 bits per heavy atom. The molecule has 21 heavy (non-hydrogen) atoms. The van der Waals surface area contributed by atoms with Crippen molar-refractivity contribution in [3.05, 3.63) is 29.3 Å². The normalized spacial score (nSPS) is 23.2. The molecule has 3 N–H and O–H groups in total. The monoisotopic (exact) mass is 317 g/mol. The van der Waals surface area contributed by atoms with Crippen LogP contribution in [0, 0.1) is 5.41 Å². The molecule has 2 rings (SSSR count). The van der Waals surface area contributed by atoms with Crippen LogP contribution in [0.4, 0.5) is 18.9 Å². The van der Waals surface area contributed by atoms with Crippen LogP contribution >= 0.6 is 11.8 Å². The number of nitrogens with two attached hydrogens (primary N) is 1. The van der Waals surface area contributed by atoms with E-state index < -0.39 is 17.6 Å². The van der Waals surface area contributed by atoms with Gasteiger partial charge < -0.3 is 10.6 Å². The quantitative estimate of drug-likeness (QED) is 0.650. The van der Waals surface area contributed by atoms with Crippen molar-refractivity contribution in [3.8, 4) is 0 Å². The molecule has 0 aliphatic carbocycles.